The van der Waals surface area contributed by atoms with Gasteiger partial charge in [0.2, 0.25) is 0 Å². The van der Waals surface area contributed by atoms with E-state index in [4.69, 9.17) is 4.42 Å². The van der Waals surface area contributed by atoms with Gasteiger partial charge < -0.3 is 9.40 Å². The van der Waals surface area contributed by atoms with Crippen LogP contribution in [-0.4, -0.2) is 23.2 Å². The van der Waals surface area contributed by atoms with Gasteiger partial charge in [-0.25, -0.2) is 0 Å². The predicted molar refractivity (Wildman–Crippen MR) is 196 cm³/mol. The Kier molecular flexibility index (Phi) is 10.7. The molecule has 0 aliphatic heterocycles. The van der Waals surface area contributed by atoms with E-state index < -0.39 is 13.3 Å². The Morgan fingerprint density at radius 1 is 0.681 bits per heavy atom. The molecule has 0 spiro atoms. The summed E-state index contributed by atoms with van der Waals surface area (Å²) in [5.74, 6) is 7.65. The summed E-state index contributed by atoms with van der Waals surface area (Å²) >= 11 is -1.77. The molecule has 0 amide bonds. The van der Waals surface area contributed by atoms with Crippen LogP contribution >= 0.6 is 0 Å². The van der Waals surface area contributed by atoms with Crippen molar-refractivity contribution in [3.63, 3.8) is 0 Å². The van der Waals surface area contributed by atoms with Crippen molar-refractivity contribution in [1.82, 2.24) is 9.97 Å². The van der Waals surface area contributed by atoms with Crippen LogP contribution in [0.5, 0.6) is 0 Å². The summed E-state index contributed by atoms with van der Waals surface area (Å²) in [6.45, 7) is 8.73. The van der Waals surface area contributed by atoms with Crippen LogP contribution in [0.4, 0.5) is 0 Å². The minimum atomic E-state index is -1.77. The van der Waals surface area contributed by atoms with Crippen molar-refractivity contribution in [1.29, 1.82) is 0 Å². The molecule has 0 bridgehead atoms. The molecule has 7 rings (SSSR count). The first-order valence-electron chi connectivity index (χ1n) is 15.9. The first-order chi connectivity index (χ1) is 22.1. The van der Waals surface area contributed by atoms with Gasteiger partial charge in [-0.05, 0) is 46.9 Å². The van der Waals surface area contributed by atoms with Crippen LogP contribution in [0.2, 0.25) is 17.3 Å². The summed E-state index contributed by atoms with van der Waals surface area (Å²) in [4.78, 5) is 9.28. The van der Waals surface area contributed by atoms with Gasteiger partial charge in [-0.3, -0.25) is 0 Å². The summed E-state index contributed by atoms with van der Waals surface area (Å²) < 4.78 is 7.85. The van der Waals surface area contributed by atoms with Crippen LogP contribution in [0, 0.1) is 26.0 Å². The van der Waals surface area contributed by atoms with E-state index in [1.807, 2.05) is 36.5 Å². The maximum Gasteiger partial charge on any atom is 0.121 e. The van der Waals surface area contributed by atoms with E-state index in [9.17, 15) is 0 Å². The molecule has 4 aromatic carbocycles. The van der Waals surface area contributed by atoms with Crippen molar-refractivity contribution >= 4 is 39.6 Å². The number of rotatable bonds is 5. The topological polar surface area (TPSA) is 38.9 Å². The number of aryl methyl sites for hydroxylation is 2. The minimum absolute atomic E-state index is 0. The summed E-state index contributed by atoms with van der Waals surface area (Å²) in [5.41, 5.74) is 11.9. The molecule has 0 aliphatic carbocycles. The summed E-state index contributed by atoms with van der Waals surface area (Å²) in [6, 6.07) is 39.8. The third kappa shape index (κ3) is 7.51. The van der Waals surface area contributed by atoms with Gasteiger partial charge in [0.05, 0.1) is 5.58 Å². The maximum atomic E-state index is 6.36. The van der Waals surface area contributed by atoms with Crippen LogP contribution in [0.15, 0.2) is 114 Å². The van der Waals surface area contributed by atoms with E-state index in [0.29, 0.717) is 5.92 Å². The molecule has 0 aliphatic rings. The second-order valence-corrected chi connectivity index (χ2v) is 23.8. The minimum Gasteiger partial charge on any atom is -0.501 e. The predicted octanol–water partition coefficient (Wildman–Crippen LogP) is 10.9. The van der Waals surface area contributed by atoms with E-state index in [1.165, 1.54) is 26.6 Å². The van der Waals surface area contributed by atoms with Crippen molar-refractivity contribution in [2.45, 2.75) is 50.9 Å². The standard InChI is InChI=1S/C27H22NO.C15H18GeN.Ir/c1-17(2)24-15-25(28-16-18(24)3)23-11-7-10-22-21-13-12-20(14-26(21)29-27(22)23)19-8-5-4-6-9-19;1-12-10-15(13-8-6-5-7-9-13)17-11-14(12)16(2,3)4;/h4-10,12-17H,1-3H3;5-8,10-11H,1-4H3;/q2*-1;. The van der Waals surface area contributed by atoms with Crippen LogP contribution < -0.4 is 4.40 Å². The Labute approximate surface area is 295 Å². The Morgan fingerprint density at radius 3 is 2.11 bits per heavy atom. The fourth-order valence-electron chi connectivity index (χ4n) is 6.08. The van der Waals surface area contributed by atoms with E-state index in [1.54, 1.807) is 0 Å². The fourth-order valence-corrected chi connectivity index (χ4v) is 9.66. The van der Waals surface area contributed by atoms with E-state index in [0.717, 1.165) is 50.0 Å². The Bertz CT molecular complexity index is 2130. The second-order valence-electron chi connectivity index (χ2n) is 13.3. The van der Waals surface area contributed by atoms with Crippen LogP contribution in [0.1, 0.15) is 36.5 Å². The smallest absolute Gasteiger partial charge is 0.121 e. The second kappa shape index (κ2) is 14.5. The van der Waals surface area contributed by atoms with E-state index in [2.05, 4.69) is 140 Å². The molecule has 47 heavy (non-hydrogen) atoms. The Balaban J connectivity index is 0.000000207. The normalized spacial score (nSPS) is 11.3. The zero-order chi connectivity index (χ0) is 32.4. The van der Waals surface area contributed by atoms with Crippen molar-refractivity contribution in [2.24, 2.45) is 0 Å². The molecule has 0 fully saturated rings. The monoisotopic (exact) mass is 855 g/mol. The van der Waals surface area contributed by atoms with Gasteiger partial charge in [0.25, 0.3) is 0 Å². The average Bonchev–Trinajstić information content (AvgIpc) is 3.44. The maximum absolute atomic E-state index is 6.36. The summed E-state index contributed by atoms with van der Waals surface area (Å²) in [6.07, 6.45) is 4.03. The van der Waals surface area contributed by atoms with Gasteiger partial charge in [-0.1, -0.05) is 73.3 Å². The van der Waals surface area contributed by atoms with Crippen LogP contribution in [-0.2, 0) is 20.1 Å². The number of benzene rings is 4. The van der Waals surface area contributed by atoms with Crippen LogP contribution in [0.25, 0.3) is 55.6 Å². The molecule has 0 atom stereocenters. The van der Waals surface area contributed by atoms with Gasteiger partial charge in [-0.15, -0.1) is 18.2 Å². The molecule has 7 aromatic rings. The summed E-state index contributed by atoms with van der Waals surface area (Å²) in [7, 11) is 0. The van der Waals surface area contributed by atoms with Gasteiger partial charge in [0.1, 0.15) is 5.58 Å². The Morgan fingerprint density at radius 2 is 1.43 bits per heavy atom. The van der Waals surface area contributed by atoms with E-state index >= 15 is 0 Å². The van der Waals surface area contributed by atoms with Gasteiger partial charge in [0, 0.05) is 31.7 Å². The largest absolute Gasteiger partial charge is 0.501 e. The molecule has 3 nitrogen and oxygen atoms in total. The molecule has 239 valence electrons. The molecule has 0 N–H and O–H groups in total. The number of hydrogen-bond donors (Lipinski definition) is 0. The van der Waals surface area contributed by atoms with Gasteiger partial charge in [-0.2, -0.15) is 0 Å². The number of hydrogen-bond acceptors (Lipinski definition) is 3. The van der Waals surface area contributed by atoms with Crippen molar-refractivity contribution in [2.75, 3.05) is 0 Å². The van der Waals surface area contributed by atoms with Gasteiger partial charge in [0.15, 0.2) is 0 Å². The number of fused-ring (bicyclic) bond motifs is 3. The molecule has 0 unspecified atom stereocenters. The van der Waals surface area contributed by atoms with Gasteiger partial charge >= 0.3 is 106 Å². The average molecular weight is 854 g/mol. The van der Waals surface area contributed by atoms with Crippen LogP contribution in [0.3, 0.4) is 0 Å². The third-order valence-corrected chi connectivity index (χ3v) is 13.0. The quantitative estimate of drug-likeness (QED) is 0.128. The van der Waals surface area contributed by atoms with Crippen molar-refractivity contribution in [3.8, 4) is 33.6 Å². The zero-order valence-corrected chi connectivity index (χ0v) is 32.6. The number of nitrogens with zero attached hydrogens (tertiary/aromatic N) is 2. The molecular formula is C42H40GeIrN2O-2. The fraction of sp³-hybridized carbons (Fsp3) is 0.190. The Hall–Kier alpha value is -3.83. The molecule has 0 saturated carbocycles. The summed E-state index contributed by atoms with van der Waals surface area (Å²) in [5, 5.41) is 2.22. The molecule has 5 heteroatoms. The first kappa shape index (κ1) is 34.5. The van der Waals surface area contributed by atoms with Crippen molar-refractivity contribution in [3.05, 3.63) is 138 Å². The van der Waals surface area contributed by atoms with Crippen molar-refractivity contribution < 1.29 is 24.5 Å². The number of pyridine rings is 2. The SMILES string of the molecule is Cc1cc(-c2[c-]cccc2)nc[c]1[Ge]([CH3])([CH3])[CH3].Cc1cnc(-c2[c-]ccc3c2oc2cc(-c4ccccc4)ccc23)cc1C(C)C.[Ir]. The first-order valence-corrected chi connectivity index (χ1v) is 23.3. The molecule has 1 radical (unpaired) electrons. The number of furan rings is 1. The molecule has 3 aromatic heterocycles. The molecular weight excluding hydrogens is 813 g/mol. The van der Waals surface area contributed by atoms with E-state index in [-0.39, 0.29) is 20.1 Å². The number of aromatic nitrogens is 2. The molecule has 0 saturated heterocycles. The molecule has 3 heterocycles. The third-order valence-electron chi connectivity index (χ3n) is 8.47. The zero-order valence-electron chi connectivity index (χ0n) is 28.1.